The number of nitrogens with zero attached hydrogens (tertiary/aromatic N) is 1. The number of halogens is 1. The standard InChI is InChI=1S/C15H22ClNO/c1-4-17(12-11-16)15-9-7-14(8-10-15)6-5-13(2)18-3/h7-10H,2,4-6,11-12H2,1,3H3. The van der Waals surface area contributed by atoms with Gasteiger partial charge in [-0.2, -0.15) is 0 Å². The molecule has 1 aromatic rings. The number of rotatable bonds is 8. The van der Waals surface area contributed by atoms with Gasteiger partial charge in [-0.05, 0) is 31.0 Å². The second-order valence-electron chi connectivity index (χ2n) is 4.18. The van der Waals surface area contributed by atoms with Crippen molar-refractivity contribution in [2.24, 2.45) is 0 Å². The molecule has 0 aliphatic carbocycles. The van der Waals surface area contributed by atoms with Crippen molar-refractivity contribution in [3.8, 4) is 0 Å². The molecule has 0 aliphatic heterocycles. The number of hydrogen-bond donors (Lipinski definition) is 0. The largest absolute Gasteiger partial charge is 0.502 e. The Bertz CT molecular complexity index is 361. The third-order valence-corrected chi connectivity index (χ3v) is 3.19. The van der Waals surface area contributed by atoms with E-state index in [9.17, 15) is 0 Å². The Morgan fingerprint density at radius 1 is 1.33 bits per heavy atom. The number of alkyl halides is 1. The van der Waals surface area contributed by atoms with Crippen LogP contribution in [0.2, 0.25) is 0 Å². The topological polar surface area (TPSA) is 12.5 Å². The van der Waals surface area contributed by atoms with Crippen LogP contribution in [0.25, 0.3) is 0 Å². The van der Waals surface area contributed by atoms with Crippen LogP contribution in [0.4, 0.5) is 5.69 Å². The van der Waals surface area contributed by atoms with Crippen LogP contribution in [-0.2, 0) is 11.2 Å². The highest BCUT2D eigenvalue weighted by Gasteiger charge is 2.03. The first-order valence-corrected chi connectivity index (χ1v) is 6.86. The Morgan fingerprint density at radius 2 is 2.00 bits per heavy atom. The molecule has 2 nitrogen and oxygen atoms in total. The molecule has 1 rings (SSSR count). The third kappa shape index (κ3) is 4.61. The lowest BCUT2D eigenvalue weighted by atomic mass is 10.1. The second kappa shape index (κ2) is 8.04. The molecule has 18 heavy (non-hydrogen) atoms. The lowest BCUT2D eigenvalue weighted by molar-refractivity contribution is 0.279. The molecule has 0 amide bonds. The lowest BCUT2D eigenvalue weighted by Crippen LogP contribution is -2.24. The normalized spacial score (nSPS) is 10.2. The Kier molecular flexibility index (Phi) is 6.66. The number of benzene rings is 1. The summed E-state index contributed by atoms with van der Waals surface area (Å²) in [7, 11) is 1.66. The van der Waals surface area contributed by atoms with Crippen LogP contribution in [0.1, 0.15) is 18.9 Å². The van der Waals surface area contributed by atoms with Crippen LogP contribution in [0.5, 0.6) is 0 Å². The summed E-state index contributed by atoms with van der Waals surface area (Å²) in [4.78, 5) is 2.27. The fourth-order valence-corrected chi connectivity index (χ4v) is 2.04. The molecule has 100 valence electrons. The quantitative estimate of drug-likeness (QED) is 0.524. The maximum absolute atomic E-state index is 5.79. The first kappa shape index (κ1) is 14.9. The molecule has 0 aliphatic rings. The second-order valence-corrected chi connectivity index (χ2v) is 4.56. The molecule has 1 aromatic carbocycles. The number of methoxy groups -OCH3 is 1. The van der Waals surface area contributed by atoms with Gasteiger partial charge in [0.05, 0.1) is 12.9 Å². The van der Waals surface area contributed by atoms with E-state index >= 15 is 0 Å². The molecule has 0 N–H and O–H groups in total. The Balaban J connectivity index is 2.58. The molecular weight excluding hydrogens is 246 g/mol. The summed E-state index contributed by atoms with van der Waals surface area (Å²) in [6, 6.07) is 8.63. The van der Waals surface area contributed by atoms with E-state index in [4.69, 9.17) is 16.3 Å². The molecule has 0 bridgehead atoms. The smallest absolute Gasteiger partial charge is 0.0887 e. The van der Waals surface area contributed by atoms with Crippen molar-refractivity contribution in [1.29, 1.82) is 0 Å². The number of ether oxygens (including phenoxy) is 1. The van der Waals surface area contributed by atoms with Gasteiger partial charge in [0.25, 0.3) is 0 Å². The van der Waals surface area contributed by atoms with Gasteiger partial charge >= 0.3 is 0 Å². The van der Waals surface area contributed by atoms with E-state index in [1.807, 2.05) is 0 Å². The molecule has 0 radical (unpaired) electrons. The number of anilines is 1. The molecular formula is C15H22ClNO. The zero-order valence-electron chi connectivity index (χ0n) is 11.3. The minimum Gasteiger partial charge on any atom is -0.502 e. The van der Waals surface area contributed by atoms with Crippen molar-refractivity contribution in [3.05, 3.63) is 42.2 Å². The van der Waals surface area contributed by atoms with Crippen molar-refractivity contribution in [2.45, 2.75) is 19.8 Å². The number of hydrogen-bond acceptors (Lipinski definition) is 2. The van der Waals surface area contributed by atoms with Crippen molar-refractivity contribution < 1.29 is 4.74 Å². The summed E-state index contributed by atoms with van der Waals surface area (Å²) in [6.45, 7) is 7.83. The van der Waals surface area contributed by atoms with Crippen LogP contribution in [-0.4, -0.2) is 26.1 Å². The molecule has 0 unspecified atom stereocenters. The maximum Gasteiger partial charge on any atom is 0.0887 e. The highest BCUT2D eigenvalue weighted by Crippen LogP contribution is 2.17. The van der Waals surface area contributed by atoms with E-state index in [1.165, 1.54) is 11.3 Å². The molecule has 3 heteroatoms. The summed E-state index contributed by atoms with van der Waals surface area (Å²) in [5.41, 5.74) is 2.53. The Morgan fingerprint density at radius 3 is 2.50 bits per heavy atom. The fourth-order valence-electron chi connectivity index (χ4n) is 1.83. The zero-order chi connectivity index (χ0) is 13.4. The first-order valence-electron chi connectivity index (χ1n) is 6.32. The van der Waals surface area contributed by atoms with Gasteiger partial charge in [0.1, 0.15) is 0 Å². The molecule has 0 aromatic heterocycles. The van der Waals surface area contributed by atoms with Gasteiger partial charge in [-0.1, -0.05) is 18.7 Å². The maximum atomic E-state index is 5.79. The summed E-state index contributed by atoms with van der Waals surface area (Å²) in [5, 5.41) is 0. The summed E-state index contributed by atoms with van der Waals surface area (Å²) in [5.74, 6) is 1.49. The first-order chi connectivity index (χ1) is 8.71. The third-order valence-electron chi connectivity index (χ3n) is 3.02. The van der Waals surface area contributed by atoms with E-state index in [2.05, 4.69) is 42.7 Å². The van der Waals surface area contributed by atoms with Crippen LogP contribution in [0, 0.1) is 0 Å². The van der Waals surface area contributed by atoms with Crippen LogP contribution in [0.15, 0.2) is 36.6 Å². The van der Waals surface area contributed by atoms with Crippen molar-refractivity contribution in [2.75, 3.05) is 31.0 Å². The van der Waals surface area contributed by atoms with Crippen molar-refractivity contribution in [3.63, 3.8) is 0 Å². The van der Waals surface area contributed by atoms with Gasteiger partial charge < -0.3 is 9.64 Å². The van der Waals surface area contributed by atoms with E-state index in [0.29, 0.717) is 5.88 Å². The molecule has 0 fully saturated rings. The van der Waals surface area contributed by atoms with E-state index in [0.717, 1.165) is 31.7 Å². The van der Waals surface area contributed by atoms with E-state index in [1.54, 1.807) is 7.11 Å². The summed E-state index contributed by atoms with van der Waals surface area (Å²) >= 11 is 5.79. The van der Waals surface area contributed by atoms with E-state index < -0.39 is 0 Å². The average molecular weight is 268 g/mol. The number of allylic oxidation sites excluding steroid dienone is 1. The Labute approximate surface area is 115 Å². The van der Waals surface area contributed by atoms with Gasteiger partial charge in [0.15, 0.2) is 0 Å². The summed E-state index contributed by atoms with van der Waals surface area (Å²) in [6.07, 6.45) is 1.84. The zero-order valence-corrected chi connectivity index (χ0v) is 12.0. The van der Waals surface area contributed by atoms with Gasteiger partial charge in [0, 0.05) is 31.1 Å². The van der Waals surface area contributed by atoms with Crippen LogP contribution >= 0.6 is 11.6 Å². The van der Waals surface area contributed by atoms with E-state index in [-0.39, 0.29) is 0 Å². The summed E-state index contributed by atoms with van der Waals surface area (Å²) < 4.78 is 5.07. The minimum atomic E-state index is 0.656. The predicted octanol–water partition coefficient (Wildman–Crippen LogP) is 3.84. The SMILES string of the molecule is C=C(CCc1ccc(N(CC)CCCl)cc1)OC. The predicted molar refractivity (Wildman–Crippen MR) is 79.5 cm³/mol. The number of aryl methyl sites for hydroxylation is 1. The average Bonchev–Trinajstić information content (AvgIpc) is 2.42. The molecule has 0 saturated carbocycles. The highest BCUT2D eigenvalue weighted by molar-refractivity contribution is 6.18. The van der Waals surface area contributed by atoms with Gasteiger partial charge in [0.2, 0.25) is 0 Å². The fraction of sp³-hybridized carbons (Fsp3) is 0.467. The Hall–Kier alpha value is -1.15. The van der Waals surface area contributed by atoms with Crippen LogP contribution < -0.4 is 4.90 Å². The molecule has 0 atom stereocenters. The lowest BCUT2D eigenvalue weighted by Gasteiger charge is -2.22. The van der Waals surface area contributed by atoms with Crippen LogP contribution in [0.3, 0.4) is 0 Å². The van der Waals surface area contributed by atoms with Gasteiger partial charge in [-0.15, -0.1) is 11.6 Å². The molecule has 0 spiro atoms. The van der Waals surface area contributed by atoms with Gasteiger partial charge in [-0.3, -0.25) is 0 Å². The van der Waals surface area contributed by atoms with Crippen molar-refractivity contribution >= 4 is 17.3 Å². The monoisotopic (exact) mass is 267 g/mol. The van der Waals surface area contributed by atoms with Crippen molar-refractivity contribution in [1.82, 2.24) is 0 Å². The highest BCUT2D eigenvalue weighted by atomic mass is 35.5. The minimum absolute atomic E-state index is 0.656. The molecule has 0 saturated heterocycles. The molecule has 0 heterocycles. The van der Waals surface area contributed by atoms with Gasteiger partial charge in [-0.25, -0.2) is 0 Å².